The van der Waals surface area contributed by atoms with Crippen molar-refractivity contribution in [3.63, 3.8) is 0 Å². The average molecular weight is 339 g/mol. The molecular formula is C19H25N5O. The van der Waals surface area contributed by atoms with Crippen LogP contribution in [0.1, 0.15) is 61.2 Å². The Morgan fingerprint density at radius 1 is 1.24 bits per heavy atom. The van der Waals surface area contributed by atoms with Crippen molar-refractivity contribution >= 4 is 5.82 Å². The van der Waals surface area contributed by atoms with Crippen LogP contribution in [-0.2, 0) is 19.6 Å². The van der Waals surface area contributed by atoms with E-state index in [9.17, 15) is 0 Å². The third-order valence-electron chi connectivity index (χ3n) is 5.00. The summed E-state index contributed by atoms with van der Waals surface area (Å²) in [4.78, 5) is 14.1. The van der Waals surface area contributed by atoms with Gasteiger partial charge in [-0.2, -0.15) is 0 Å². The number of rotatable bonds is 6. The molecule has 0 spiro atoms. The Morgan fingerprint density at radius 2 is 2.12 bits per heavy atom. The minimum absolute atomic E-state index is 0.517. The number of fused-ring (bicyclic) bond motifs is 1. The summed E-state index contributed by atoms with van der Waals surface area (Å²) in [6.45, 7) is 4.90. The first-order chi connectivity index (χ1) is 12.3. The molecule has 25 heavy (non-hydrogen) atoms. The molecular weight excluding hydrogens is 314 g/mol. The number of nitrogens with zero attached hydrogens (tertiary/aromatic N) is 3. The Morgan fingerprint density at radius 3 is 2.96 bits per heavy atom. The average Bonchev–Trinajstić information content (AvgIpc) is 3.32. The zero-order valence-electron chi connectivity index (χ0n) is 14.7. The van der Waals surface area contributed by atoms with Crippen molar-refractivity contribution < 1.29 is 4.74 Å². The molecule has 4 rings (SSSR count). The van der Waals surface area contributed by atoms with E-state index in [1.54, 1.807) is 6.20 Å². The highest BCUT2D eigenvalue weighted by Crippen LogP contribution is 2.34. The fraction of sp³-hybridized carbons (Fsp3) is 0.526. The molecule has 2 aliphatic rings. The number of nitrogens with one attached hydrogen (secondary N) is 2. The molecule has 2 N–H and O–H groups in total. The van der Waals surface area contributed by atoms with Gasteiger partial charge in [0.1, 0.15) is 11.6 Å². The van der Waals surface area contributed by atoms with Crippen LogP contribution >= 0.6 is 0 Å². The molecule has 6 heteroatoms. The van der Waals surface area contributed by atoms with Crippen LogP contribution in [0, 0.1) is 0 Å². The Hall–Kier alpha value is -2.21. The van der Waals surface area contributed by atoms with Gasteiger partial charge in [0.25, 0.3) is 0 Å². The summed E-state index contributed by atoms with van der Waals surface area (Å²) in [5.41, 5.74) is 3.39. The first-order valence-corrected chi connectivity index (χ1v) is 9.26. The summed E-state index contributed by atoms with van der Waals surface area (Å²) in [6.07, 6.45) is 6.77. The van der Waals surface area contributed by atoms with Crippen LogP contribution in [0.3, 0.4) is 0 Å². The molecule has 1 fully saturated rings. The maximum Gasteiger partial charge on any atom is 0.218 e. The molecule has 1 aliphatic heterocycles. The Kier molecular flexibility index (Phi) is 4.78. The third kappa shape index (κ3) is 3.44. The summed E-state index contributed by atoms with van der Waals surface area (Å²) < 4.78 is 5.63. The molecule has 132 valence electrons. The number of hydrogen-bond donors (Lipinski definition) is 2. The fourth-order valence-electron chi connectivity index (χ4n) is 3.70. The minimum atomic E-state index is 0.517. The van der Waals surface area contributed by atoms with Gasteiger partial charge in [-0.25, -0.2) is 15.0 Å². The number of ether oxygens (including phenoxy) is 1. The summed E-state index contributed by atoms with van der Waals surface area (Å²) in [6, 6.07) is 3.98. The van der Waals surface area contributed by atoms with Crippen molar-refractivity contribution in [2.75, 3.05) is 11.9 Å². The van der Waals surface area contributed by atoms with Gasteiger partial charge in [-0.3, -0.25) is 0 Å². The van der Waals surface area contributed by atoms with E-state index >= 15 is 0 Å². The SMILES string of the molecule is CCOc1ncccc1CNc1nc(C2CCCC2)nc2c1CNC2. The van der Waals surface area contributed by atoms with Crippen LogP contribution < -0.4 is 15.4 Å². The smallest absolute Gasteiger partial charge is 0.218 e. The standard InChI is InChI=1S/C19H25N5O/c1-2-25-19-14(8-5-9-21-19)10-22-18-15-11-20-12-16(15)23-17(24-18)13-6-3-4-7-13/h5,8-9,13,20H,2-4,6-7,10-12H2,1H3,(H,22,23,24). The van der Waals surface area contributed by atoms with Crippen LogP contribution in [0.2, 0.25) is 0 Å². The molecule has 0 unspecified atom stereocenters. The summed E-state index contributed by atoms with van der Waals surface area (Å²) in [5, 5.41) is 6.91. The van der Waals surface area contributed by atoms with E-state index in [0.717, 1.165) is 36.0 Å². The van der Waals surface area contributed by atoms with E-state index in [4.69, 9.17) is 14.7 Å². The number of hydrogen-bond acceptors (Lipinski definition) is 6. The van der Waals surface area contributed by atoms with Crippen molar-refractivity contribution in [3.05, 3.63) is 41.0 Å². The lowest BCUT2D eigenvalue weighted by atomic mass is 10.1. The van der Waals surface area contributed by atoms with Gasteiger partial charge >= 0.3 is 0 Å². The third-order valence-corrected chi connectivity index (χ3v) is 5.00. The Labute approximate surface area is 148 Å². The molecule has 0 atom stereocenters. The van der Waals surface area contributed by atoms with Crippen molar-refractivity contribution in [2.45, 2.75) is 58.2 Å². The maximum absolute atomic E-state index is 5.63. The van der Waals surface area contributed by atoms with Gasteiger partial charge in [0.05, 0.1) is 12.3 Å². The van der Waals surface area contributed by atoms with Gasteiger partial charge < -0.3 is 15.4 Å². The first-order valence-electron chi connectivity index (χ1n) is 9.26. The molecule has 2 aromatic rings. The maximum atomic E-state index is 5.63. The van der Waals surface area contributed by atoms with Gasteiger partial charge in [-0.15, -0.1) is 0 Å². The van der Waals surface area contributed by atoms with Crippen LogP contribution in [0.4, 0.5) is 5.82 Å². The molecule has 0 amide bonds. The van der Waals surface area contributed by atoms with Crippen LogP contribution in [0.15, 0.2) is 18.3 Å². The van der Waals surface area contributed by atoms with E-state index in [1.165, 1.54) is 31.2 Å². The van der Waals surface area contributed by atoms with Crippen LogP contribution in [0.5, 0.6) is 5.88 Å². The van der Waals surface area contributed by atoms with Crippen LogP contribution in [0.25, 0.3) is 0 Å². The molecule has 1 aliphatic carbocycles. The van der Waals surface area contributed by atoms with Crippen molar-refractivity contribution in [3.8, 4) is 5.88 Å². The monoisotopic (exact) mass is 339 g/mol. The number of anilines is 1. The molecule has 0 radical (unpaired) electrons. The van der Waals surface area contributed by atoms with E-state index in [0.29, 0.717) is 24.9 Å². The lowest BCUT2D eigenvalue weighted by Crippen LogP contribution is -2.11. The van der Waals surface area contributed by atoms with Gasteiger partial charge in [0, 0.05) is 42.9 Å². The van der Waals surface area contributed by atoms with Crippen molar-refractivity contribution in [2.24, 2.45) is 0 Å². The number of aromatic nitrogens is 3. The Balaban J connectivity index is 1.58. The van der Waals surface area contributed by atoms with Crippen molar-refractivity contribution in [1.82, 2.24) is 20.3 Å². The fourth-order valence-corrected chi connectivity index (χ4v) is 3.70. The quantitative estimate of drug-likeness (QED) is 0.842. The highest BCUT2D eigenvalue weighted by atomic mass is 16.5. The first kappa shape index (κ1) is 16.3. The van der Waals surface area contributed by atoms with Gasteiger partial charge in [0.15, 0.2) is 0 Å². The Bertz CT molecular complexity index is 743. The van der Waals surface area contributed by atoms with Crippen molar-refractivity contribution in [1.29, 1.82) is 0 Å². The normalized spacial score (nSPS) is 16.8. The largest absolute Gasteiger partial charge is 0.478 e. The molecule has 2 aromatic heterocycles. The molecule has 3 heterocycles. The molecule has 0 aromatic carbocycles. The second-order valence-corrected chi connectivity index (χ2v) is 6.69. The molecule has 6 nitrogen and oxygen atoms in total. The summed E-state index contributed by atoms with van der Waals surface area (Å²) in [5.74, 6) is 3.18. The molecule has 0 bridgehead atoms. The minimum Gasteiger partial charge on any atom is -0.478 e. The lowest BCUT2D eigenvalue weighted by molar-refractivity contribution is 0.323. The molecule has 1 saturated carbocycles. The summed E-state index contributed by atoms with van der Waals surface area (Å²) >= 11 is 0. The van der Waals surface area contributed by atoms with E-state index < -0.39 is 0 Å². The zero-order valence-corrected chi connectivity index (χ0v) is 14.7. The predicted molar refractivity (Wildman–Crippen MR) is 96.5 cm³/mol. The second-order valence-electron chi connectivity index (χ2n) is 6.69. The van der Waals surface area contributed by atoms with E-state index in [1.807, 2.05) is 19.1 Å². The zero-order chi connectivity index (χ0) is 17.1. The highest BCUT2D eigenvalue weighted by Gasteiger charge is 2.25. The molecule has 0 saturated heterocycles. The van der Waals surface area contributed by atoms with E-state index in [2.05, 4.69) is 15.6 Å². The lowest BCUT2D eigenvalue weighted by Gasteiger charge is -2.15. The van der Waals surface area contributed by atoms with E-state index in [-0.39, 0.29) is 0 Å². The van der Waals surface area contributed by atoms with Gasteiger partial charge in [-0.1, -0.05) is 18.9 Å². The second kappa shape index (κ2) is 7.35. The van der Waals surface area contributed by atoms with Crippen LogP contribution in [-0.4, -0.2) is 21.6 Å². The topological polar surface area (TPSA) is 72.0 Å². The van der Waals surface area contributed by atoms with Gasteiger partial charge in [-0.05, 0) is 25.8 Å². The highest BCUT2D eigenvalue weighted by molar-refractivity contribution is 5.49. The summed E-state index contributed by atoms with van der Waals surface area (Å²) in [7, 11) is 0. The predicted octanol–water partition coefficient (Wildman–Crippen LogP) is 3.14. The van der Waals surface area contributed by atoms with Gasteiger partial charge in [0.2, 0.25) is 5.88 Å². The number of pyridine rings is 1.